The Kier molecular flexibility index (Phi) is 3.83. The van der Waals surface area contributed by atoms with Gasteiger partial charge in [-0.25, -0.2) is 4.79 Å². The number of thiophene rings is 1. The molecule has 2 aromatic rings. The van der Waals surface area contributed by atoms with Crippen LogP contribution < -0.4 is 10.1 Å². The fourth-order valence-corrected chi connectivity index (χ4v) is 3.72. The van der Waals surface area contributed by atoms with Crippen LogP contribution in [-0.2, 0) is 0 Å². The number of nitrogens with one attached hydrogen (secondary N) is 1. The molecule has 2 aromatic heterocycles. The van der Waals surface area contributed by atoms with Crippen molar-refractivity contribution in [2.24, 2.45) is 0 Å². The third-order valence-corrected chi connectivity index (χ3v) is 4.95. The molecule has 0 spiro atoms. The van der Waals surface area contributed by atoms with Crippen LogP contribution >= 0.6 is 22.7 Å². The van der Waals surface area contributed by atoms with Crippen LogP contribution in [0.15, 0.2) is 17.5 Å². The molecule has 20 heavy (non-hydrogen) atoms. The topological polar surface area (TPSA) is 67.4 Å². The summed E-state index contributed by atoms with van der Waals surface area (Å²) in [4.78, 5) is 15.4. The molecule has 0 aromatic carbocycles. The van der Waals surface area contributed by atoms with E-state index in [1.54, 1.807) is 11.3 Å². The van der Waals surface area contributed by atoms with E-state index in [9.17, 15) is 4.79 Å². The molecule has 1 saturated heterocycles. The first-order chi connectivity index (χ1) is 9.78. The van der Waals surface area contributed by atoms with Crippen LogP contribution in [-0.4, -0.2) is 34.8 Å². The molecule has 2 amide bonds. The zero-order chi connectivity index (χ0) is 13.9. The largest absolute Gasteiger partial charge is 0.472 e. The Balaban J connectivity index is 1.70. The average molecular weight is 310 g/mol. The summed E-state index contributed by atoms with van der Waals surface area (Å²) in [6.07, 6.45) is 2.03. The number of urea groups is 1. The molecule has 3 heterocycles. The summed E-state index contributed by atoms with van der Waals surface area (Å²) in [5.74, 6) is 0. The number of carbonyl (C=O) groups is 1. The van der Waals surface area contributed by atoms with Crippen molar-refractivity contribution in [3.8, 4) is 5.19 Å². The highest BCUT2D eigenvalue weighted by atomic mass is 32.1. The van der Waals surface area contributed by atoms with Crippen LogP contribution in [0.5, 0.6) is 5.19 Å². The van der Waals surface area contributed by atoms with Gasteiger partial charge in [0.15, 0.2) is 0 Å². The summed E-state index contributed by atoms with van der Waals surface area (Å²) in [5, 5.41) is 13.4. The molecule has 1 aliphatic rings. The summed E-state index contributed by atoms with van der Waals surface area (Å²) in [7, 11) is 1.53. The second-order valence-electron chi connectivity index (χ2n) is 4.37. The number of aromatic nitrogens is 2. The van der Waals surface area contributed by atoms with Gasteiger partial charge >= 0.3 is 6.03 Å². The van der Waals surface area contributed by atoms with Gasteiger partial charge in [0.05, 0.1) is 13.2 Å². The average Bonchev–Trinajstić information content (AvgIpc) is 3.19. The standard InChI is InChI=1S/C12H14N4O2S2/c1-18-12-15-14-10(20-12)13-11(17)16-6-2-4-8(16)9-5-3-7-19-9/h3,5,7-8H,2,4,6H2,1H3,(H,13,14,17)/t8-/m1/s1. The number of likely N-dealkylation sites (tertiary alicyclic amines) is 1. The number of methoxy groups -OCH3 is 1. The van der Waals surface area contributed by atoms with Gasteiger partial charge in [-0.1, -0.05) is 11.2 Å². The molecule has 1 fully saturated rings. The number of anilines is 1. The maximum Gasteiger partial charge on any atom is 0.324 e. The lowest BCUT2D eigenvalue weighted by Crippen LogP contribution is -2.34. The molecule has 0 aliphatic carbocycles. The molecular formula is C12H14N4O2S2. The lowest BCUT2D eigenvalue weighted by molar-refractivity contribution is 0.208. The van der Waals surface area contributed by atoms with Crippen LogP contribution in [0.1, 0.15) is 23.8 Å². The molecule has 106 valence electrons. The number of hydrogen-bond acceptors (Lipinski definition) is 6. The molecule has 3 rings (SSSR count). The van der Waals surface area contributed by atoms with Crippen molar-refractivity contribution in [2.45, 2.75) is 18.9 Å². The van der Waals surface area contributed by atoms with E-state index >= 15 is 0 Å². The monoisotopic (exact) mass is 310 g/mol. The number of amides is 2. The zero-order valence-electron chi connectivity index (χ0n) is 10.9. The minimum Gasteiger partial charge on any atom is -0.472 e. The van der Waals surface area contributed by atoms with E-state index < -0.39 is 0 Å². The first-order valence-electron chi connectivity index (χ1n) is 6.26. The number of ether oxygens (including phenoxy) is 1. The van der Waals surface area contributed by atoms with Gasteiger partial charge in [-0.15, -0.1) is 16.4 Å². The normalized spacial score (nSPS) is 18.2. The second kappa shape index (κ2) is 5.76. The fraction of sp³-hybridized carbons (Fsp3) is 0.417. The Bertz CT molecular complexity index is 584. The van der Waals surface area contributed by atoms with Gasteiger partial charge < -0.3 is 9.64 Å². The third kappa shape index (κ3) is 2.61. The van der Waals surface area contributed by atoms with Gasteiger partial charge in [0.1, 0.15) is 0 Å². The molecular weight excluding hydrogens is 296 g/mol. The van der Waals surface area contributed by atoms with Crippen LogP contribution in [0, 0.1) is 0 Å². The van der Waals surface area contributed by atoms with Crippen molar-refractivity contribution in [2.75, 3.05) is 19.0 Å². The maximum absolute atomic E-state index is 12.3. The second-order valence-corrected chi connectivity index (χ2v) is 6.29. The van der Waals surface area contributed by atoms with Crippen LogP contribution in [0.3, 0.4) is 0 Å². The summed E-state index contributed by atoms with van der Waals surface area (Å²) in [6.45, 7) is 0.768. The van der Waals surface area contributed by atoms with Crippen molar-refractivity contribution in [3.63, 3.8) is 0 Å². The predicted molar refractivity (Wildman–Crippen MR) is 78.5 cm³/mol. The highest BCUT2D eigenvalue weighted by Gasteiger charge is 2.31. The smallest absolute Gasteiger partial charge is 0.324 e. The summed E-state index contributed by atoms with van der Waals surface area (Å²) < 4.78 is 4.96. The Morgan fingerprint density at radius 1 is 1.55 bits per heavy atom. The Morgan fingerprint density at radius 3 is 3.15 bits per heavy atom. The summed E-state index contributed by atoms with van der Waals surface area (Å²) >= 11 is 2.91. The van der Waals surface area contributed by atoms with Crippen molar-refractivity contribution < 1.29 is 9.53 Å². The molecule has 1 atom stereocenters. The van der Waals surface area contributed by atoms with E-state index in [0.717, 1.165) is 19.4 Å². The van der Waals surface area contributed by atoms with E-state index in [2.05, 4.69) is 21.6 Å². The first-order valence-corrected chi connectivity index (χ1v) is 7.96. The number of carbonyl (C=O) groups excluding carboxylic acids is 1. The van der Waals surface area contributed by atoms with Gasteiger partial charge in [-0.3, -0.25) is 5.32 Å². The SMILES string of the molecule is COc1nnc(NC(=O)N2CCC[C@@H]2c2cccs2)s1. The Labute approximate surface area is 124 Å². The van der Waals surface area contributed by atoms with Crippen molar-refractivity contribution in [3.05, 3.63) is 22.4 Å². The molecule has 8 heteroatoms. The lowest BCUT2D eigenvalue weighted by Gasteiger charge is -2.23. The molecule has 0 saturated carbocycles. The van der Waals surface area contributed by atoms with Crippen molar-refractivity contribution in [1.29, 1.82) is 0 Å². The molecule has 1 aliphatic heterocycles. The minimum absolute atomic E-state index is 0.125. The van der Waals surface area contributed by atoms with Gasteiger partial charge in [-0.05, 0) is 35.6 Å². The van der Waals surface area contributed by atoms with Crippen LogP contribution in [0.25, 0.3) is 0 Å². The zero-order valence-corrected chi connectivity index (χ0v) is 12.5. The quantitative estimate of drug-likeness (QED) is 0.946. The van der Waals surface area contributed by atoms with Gasteiger partial charge in [0, 0.05) is 11.4 Å². The van der Waals surface area contributed by atoms with E-state index in [0.29, 0.717) is 10.3 Å². The van der Waals surface area contributed by atoms with E-state index in [1.165, 1.54) is 23.3 Å². The van der Waals surface area contributed by atoms with Crippen LogP contribution in [0.2, 0.25) is 0 Å². The fourth-order valence-electron chi connectivity index (χ4n) is 2.29. The third-order valence-electron chi connectivity index (χ3n) is 3.18. The molecule has 0 radical (unpaired) electrons. The molecule has 0 bridgehead atoms. The molecule has 0 unspecified atom stereocenters. The maximum atomic E-state index is 12.3. The highest BCUT2D eigenvalue weighted by molar-refractivity contribution is 7.17. The number of hydrogen-bond donors (Lipinski definition) is 1. The number of nitrogens with zero attached hydrogens (tertiary/aromatic N) is 3. The van der Waals surface area contributed by atoms with Crippen molar-refractivity contribution in [1.82, 2.24) is 15.1 Å². The lowest BCUT2D eigenvalue weighted by atomic mass is 10.2. The van der Waals surface area contributed by atoms with E-state index in [4.69, 9.17) is 4.74 Å². The summed E-state index contributed by atoms with van der Waals surface area (Å²) in [6, 6.07) is 4.14. The van der Waals surface area contributed by atoms with E-state index in [1.807, 2.05) is 16.3 Å². The minimum atomic E-state index is -0.125. The van der Waals surface area contributed by atoms with Crippen molar-refractivity contribution >= 4 is 33.8 Å². The van der Waals surface area contributed by atoms with Gasteiger partial charge in [-0.2, -0.15) is 0 Å². The molecule has 1 N–H and O–H groups in total. The van der Waals surface area contributed by atoms with Gasteiger partial charge in [0.25, 0.3) is 5.19 Å². The Hall–Kier alpha value is -1.67. The Morgan fingerprint density at radius 2 is 2.45 bits per heavy atom. The number of rotatable bonds is 3. The first kappa shape index (κ1) is 13.3. The summed E-state index contributed by atoms with van der Waals surface area (Å²) in [5.41, 5.74) is 0. The van der Waals surface area contributed by atoms with Gasteiger partial charge in [0.2, 0.25) is 5.13 Å². The van der Waals surface area contributed by atoms with E-state index in [-0.39, 0.29) is 12.1 Å². The highest BCUT2D eigenvalue weighted by Crippen LogP contribution is 2.35. The predicted octanol–water partition coefficient (Wildman–Crippen LogP) is 2.98. The van der Waals surface area contributed by atoms with Crippen LogP contribution in [0.4, 0.5) is 9.93 Å². The molecule has 6 nitrogen and oxygen atoms in total.